The van der Waals surface area contributed by atoms with Crippen LogP contribution in [-0.2, 0) is 14.6 Å². The highest BCUT2D eigenvalue weighted by atomic mass is 79.9. The first-order valence-electron chi connectivity index (χ1n) is 7.93. The Morgan fingerprint density at radius 2 is 2.21 bits per heavy atom. The van der Waals surface area contributed by atoms with Crippen LogP contribution in [0.25, 0.3) is 0 Å². The van der Waals surface area contributed by atoms with Gasteiger partial charge in [0, 0.05) is 21.8 Å². The number of carbonyl (C=O) groups is 1. The quantitative estimate of drug-likeness (QED) is 0.733. The molecule has 0 radical (unpaired) electrons. The van der Waals surface area contributed by atoms with Crippen molar-refractivity contribution in [2.24, 2.45) is 4.99 Å². The number of thioether (sulfide) groups is 1. The van der Waals surface area contributed by atoms with Gasteiger partial charge in [0.05, 0.1) is 17.5 Å². The molecule has 3 rings (SSSR count). The predicted octanol–water partition coefficient (Wildman–Crippen LogP) is 3.24. The van der Waals surface area contributed by atoms with Crippen LogP contribution < -0.4 is 4.90 Å². The van der Waals surface area contributed by atoms with Gasteiger partial charge < -0.3 is 4.90 Å². The molecule has 1 amide bonds. The van der Waals surface area contributed by atoms with Crippen LogP contribution in [0.1, 0.15) is 26.2 Å². The maximum absolute atomic E-state index is 12.1. The molecule has 1 aromatic rings. The summed E-state index contributed by atoms with van der Waals surface area (Å²) in [7, 11) is -3.04. The van der Waals surface area contributed by atoms with Crippen LogP contribution >= 0.6 is 27.7 Å². The van der Waals surface area contributed by atoms with E-state index in [0.717, 1.165) is 23.0 Å². The van der Waals surface area contributed by atoms with Crippen LogP contribution in [0.3, 0.4) is 0 Å². The standard InChI is InChI=1S/C16H19BrN2O3S2/c1-2-3-7-15(20)18-16-19(12-6-4-5-11(17)8-12)13-9-24(21,22)10-14(13)23-16/h4-6,8,13-14H,2-3,7,9-10H2,1H3/t13-,14-/m1/s1. The van der Waals surface area contributed by atoms with Crippen molar-refractivity contribution in [3.8, 4) is 0 Å². The SMILES string of the molecule is CCCCC(=O)N=C1S[C@@H]2CS(=O)(=O)C[C@H]2N1c1cccc(Br)c1. The Hall–Kier alpha value is -0.860. The lowest BCUT2D eigenvalue weighted by Gasteiger charge is -2.24. The van der Waals surface area contributed by atoms with Gasteiger partial charge in [0.15, 0.2) is 15.0 Å². The molecule has 2 atom stereocenters. The summed E-state index contributed by atoms with van der Waals surface area (Å²) in [6.45, 7) is 2.04. The van der Waals surface area contributed by atoms with Crippen molar-refractivity contribution in [3.63, 3.8) is 0 Å². The van der Waals surface area contributed by atoms with E-state index in [1.807, 2.05) is 36.1 Å². The molecule has 8 heteroatoms. The molecule has 0 unspecified atom stereocenters. The van der Waals surface area contributed by atoms with Gasteiger partial charge in [-0.3, -0.25) is 4.79 Å². The molecule has 2 fully saturated rings. The molecule has 24 heavy (non-hydrogen) atoms. The van der Waals surface area contributed by atoms with Gasteiger partial charge in [0.2, 0.25) is 5.91 Å². The summed E-state index contributed by atoms with van der Waals surface area (Å²) in [5.41, 5.74) is 0.864. The molecule has 2 aliphatic heterocycles. The van der Waals surface area contributed by atoms with E-state index in [1.165, 1.54) is 11.8 Å². The third-order valence-corrected chi connectivity index (χ3v) is 7.82. The lowest BCUT2D eigenvalue weighted by molar-refractivity contribution is -0.117. The third kappa shape index (κ3) is 3.86. The lowest BCUT2D eigenvalue weighted by Crippen LogP contribution is -2.37. The third-order valence-electron chi connectivity index (χ3n) is 4.12. The van der Waals surface area contributed by atoms with Crippen LogP contribution in [0, 0.1) is 0 Å². The average molecular weight is 431 g/mol. The Morgan fingerprint density at radius 3 is 2.92 bits per heavy atom. The van der Waals surface area contributed by atoms with Crippen molar-refractivity contribution < 1.29 is 13.2 Å². The molecule has 0 bridgehead atoms. The Kier molecular flexibility index (Phi) is 5.36. The highest BCUT2D eigenvalue weighted by Gasteiger charge is 2.49. The van der Waals surface area contributed by atoms with Gasteiger partial charge >= 0.3 is 0 Å². The zero-order valence-electron chi connectivity index (χ0n) is 13.3. The van der Waals surface area contributed by atoms with E-state index in [0.29, 0.717) is 11.6 Å². The molecule has 2 saturated heterocycles. The van der Waals surface area contributed by atoms with E-state index < -0.39 is 9.84 Å². The van der Waals surface area contributed by atoms with Gasteiger partial charge in [-0.1, -0.05) is 47.1 Å². The first-order valence-corrected chi connectivity index (χ1v) is 11.4. The number of hydrogen-bond acceptors (Lipinski definition) is 4. The molecule has 0 spiro atoms. The van der Waals surface area contributed by atoms with Gasteiger partial charge in [-0.05, 0) is 24.6 Å². The molecule has 2 aliphatic rings. The number of benzene rings is 1. The molecule has 0 aliphatic carbocycles. The summed E-state index contributed by atoms with van der Waals surface area (Å²) in [5, 5.41) is 0.561. The normalized spacial score (nSPS) is 26.8. The number of sulfone groups is 1. The van der Waals surface area contributed by atoms with Gasteiger partial charge in [0.1, 0.15) is 0 Å². The van der Waals surface area contributed by atoms with E-state index in [4.69, 9.17) is 0 Å². The zero-order valence-corrected chi connectivity index (χ0v) is 16.5. The number of carbonyl (C=O) groups excluding carboxylic acids is 1. The summed E-state index contributed by atoms with van der Waals surface area (Å²) in [6.07, 6.45) is 2.20. The van der Waals surface area contributed by atoms with Gasteiger partial charge in [-0.2, -0.15) is 4.99 Å². The van der Waals surface area contributed by atoms with Crippen LogP contribution in [0.15, 0.2) is 33.7 Å². The van der Waals surface area contributed by atoms with E-state index in [9.17, 15) is 13.2 Å². The smallest absolute Gasteiger partial charge is 0.248 e. The van der Waals surface area contributed by atoms with E-state index in [1.54, 1.807) is 0 Å². The van der Waals surface area contributed by atoms with Crippen LogP contribution in [-0.4, -0.2) is 42.3 Å². The van der Waals surface area contributed by atoms with Crippen LogP contribution in [0.4, 0.5) is 5.69 Å². The minimum absolute atomic E-state index is 0.0632. The summed E-state index contributed by atoms with van der Waals surface area (Å²) in [6, 6.07) is 7.51. The number of aliphatic imine (C=N–C) groups is 1. The fourth-order valence-corrected chi connectivity index (χ4v) is 7.30. The molecular formula is C16H19BrN2O3S2. The van der Waals surface area contributed by atoms with Crippen molar-refractivity contribution in [3.05, 3.63) is 28.7 Å². The molecular weight excluding hydrogens is 412 g/mol. The Labute approximate surface area is 155 Å². The largest absolute Gasteiger partial charge is 0.316 e. The Morgan fingerprint density at radius 1 is 1.42 bits per heavy atom. The van der Waals surface area contributed by atoms with E-state index >= 15 is 0 Å². The average Bonchev–Trinajstić information content (AvgIpc) is 2.96. The van der Waals surface area contributed by atoms with Gasteiger partial charge in [-0.15, -0.1) is 0 Å². The summed E-state index contributed by atoms with van der Waals surface area (Å²) in [5.74, 6) is 0.121. The number of fused-ring (bicyclic) bond motifs is 1. The second-order valence-electron chi connectivity index (χ2n) is 6.04. The van der Waals surface area contributed by atoms with Crippen LogP contribution in [0.5, 0.6) is 0 Å². The number of anilines is 1. The maximum Gasteiger partial charge on any atom is 0.248 e. The minimum atomic E-state index is -3.04. The molecule has 2 heterocycles. The predicted molar refractivity (Wildman–Crippen MR) is 102 cm³/mol. The molecule has 0 aromatic heterocycles. The van der Waals surface area contributed by atoms with Crippen molar-refractivity contribution in [2.75, 3.05) is 16.4 Å². The number of nitrogens with zero attached hydrogens (tertiary/aromatic N) is 2. The summed E-state index contributed by atoms with van der Waals surface area (Å²) < 4.78 is 24.9. The zero-order chi connectivity index (χ0) is 17.3. The van der Waals surface area contributed by atoms with Crippen molar-refractivity contribution >= 4 is 54.3 Å². The molecule has 5 nitrogen and oxygen atoms in total. The number of rotatable bonds is 4. The first kappa shape index (κ1) is 17.9. The number of hydrogen-bond donors (Lipinski definition) is 0. The summed E-state index contributed by atoms with van der Waals surface area (Å²) in [4.78, 5) is 18.3. The first-order chi connectivity index (χ1) is 11.4. The molecule has 0 saturated carbocycles. The summed E-state index contributed by atoms with van der Waals surface area (Å²) >= 11 is 4.87. The lowest BCUT2D eigenvalue weighted by atomic mass is 10.2. The van der Waals surface area contributed by atoms with Crippen LogP contribution in [0.2, 0.25) is 0 Å². The maximum atomic E-state index is 12.1. The highest BCUT2D eigenvalue weighted by molar-refractivity contribution is 9.10. The molecule has 0 N–H and O–H groups in total. The fourth-order valence-electron chi connectivity index (χ4n) is 2.98. The second kappa shape index (κ2) is 7.17. The molecule has 130 valence electrons. The number of halogens is 1. The Balaban J connectivity index is 1.94. The van der Waals surface area contributed by atoms with Gasteiger partial charge in [-0.25, -0.2) is 8.42 Å². The number of amides is 1. The highest BCUT2D eigenvalue weighted by Crippen LogP contribution is 2.41. The minimum Gasteiger partial charge on any atom is -0.316 e. The van der Waals surface area contributed by atoms with Crippen molar-refractivity contribution in [1.29, 1.82) is 0 Å². The molecule has 1 aromatic carbocycles. The van der Waals surface area contributed by atoms with E-state index in [2.05, 4.69) is 20.9 Å². The number of unbranched alkanes of at least 4 members (excludes halogenated alkanes) is 1. The number of amidine groups is 1. The van der Waals surface area contributed by atoms with Crippen molar-refractivity contribution in [1.82, 2.24) is 0 Å². The monoisotopic (exact) mass is 430 g/mol. The Bertz CT molecular complexity index is 779. The topological polar surface area (TPSA) is 66.8 Å². The van der Waals surface area contributed by atoms with E-state index in [-0.39, 0.29) is 28.7 Å². The second-order valence-corrected chi connectivity index (χ2v) is 10.3. The van der Waals surface area contributed by atoms with Gasteiger partial charge in [0.25, 0.3) is 0 Å². The fraction of sp³-hybridized carbons (Fsp3) is 0.500. The van der Waals surface area contributed by atoms with Crippen molar-refractivity contribution in [2.45, 2.75) is 37.5 Å².